The first-order valence-corrected chi connectivity index (χ1v) is 14.5. The standard InChI is InChI=1S/C32H44N4O4/c1-5-36(24-25-17-19-29(38-4)20-18-25)30-16-12-15-28(35-30)14-11-9-8-10-13-26(21-31(37)39-6-2)27-22-33-32(34-23-27)40-7-3/h12,15-20,22-23,26H,5-11,13-14,21,24H2,1-4H3/t26-/m0/s1. The lowest BCUT2D eigenvalue weighted by Gasteiger charge is -2.22. The van der Waals surface area contributed by atoms with Crippen LogP contribution in [0.25, 0.3) is 0 Å². The van der Waals surface area contributed by atoms with E-state index >= 15 is 0 Å². The van der Waals surface area contributed by atoms with Crippen LogP contribution in [0.5, 0.6) is 11.8 Å². The molecule has 8 nitrogen and oxygen atoms in total. The molecule has 0 saturated heterocycles. The van der Waals surface area contributed by atoms with Crippen LogP contribution in [0.2, 0.25) is 0 Å². The van der Waals surface area contributed by atoms with Gasteiger partial charge in [-0.15, -0.1) is 0 Å². The number of rotatable bonds is 18. The van der Waals surface area contributed by atoms with Crippen LogP contribution >= 0.6 is 0 Å². The maximum absolute atomic E-state index is 12.2. The highest BCUT2D eigenvalue weighted by Crippen LogP contribution is 2.27. The summed E-state index contributed by atoms with van der Waals surface area (Å²) in [5.41, 5.74) is 3.30. The van der Waals surface area contributed by atoms with E-state index in [1.165, 1.54) is 5.56 Å². The Bertz CT molecular complexity index is 1140. The number of ether oxygens (including phenoxy) is 3. The van der Waals surface area contributed by atoms with Gasteiger partial charge in [0.2, 0.25) is 0 Å². The molecule has 0 aliphatic carbocycles. The minimum absolute atomic E-state index is 0.0406. The number of unbranched alkanes of at least 4 members (excludes halogenated alkanes) is 3. The second kappa shape index (κ2) is 17.1. The van der Waals surface area contributed by atoms with Gasteiger partial charge in [-0.1, -0.05) is 37.5 Å². The maximum atomic E-state index is 12.2. The predicted molar refractivity (Wildman–Crippen MR) is 158 cm³/mol. The number of aryl methyl sites for hydroxylation is 1. The van der Waals surface area contributed by atoms with E-state index in [4.69, 9.17) is 19.2 Å². The second-order valence-electron chi connectivity index (χ2n) is 9.74. The number of hydrogen-bond donors (Lipinski definition) is 0. The molecule has 216 valence electrons. The van der Waals surface area contributed by atoms with Crippen LogP contribution in [0.1, 0.15) is 82.0 Å². The highest BCUT2D eigenvalue weighted by atomic mass is 16.5. The van der Waals surface area contributed by atoms with E-state index < -0.39 is 0 Å². The molecule has 3 rings (SSSR count). The van der Waals surface area contributed by atoms with E-state index in [0.29, 0.717) is 25.6 Å². The van der Waals surface area contributed by atoms with Crippen LogP contribution < -0.4 is 14.4 Å². The van der Waals surface area contributed by atoms with Gasteiger partial charge in [0.05, 0.1) is 26.7 Å². The molecule has 0 bridgehead atoms. The van der Waals surface area contributed by atoms with Gasteiger partial charge in [-0.3, -0.25) is 4.79 Å². The van der Waals surface area contributed by atoms with E-state index in [2.05, 4.69) is 52.1 Å². The Balaban J connectivity index is 1.47. The largest absolute Gasteiger partial charge is 0.497 e. The SMILES string of the molecule is CCOC(=O)C[C@H](CCCCCCc1cccc(N(CC)Cc2ccc(OC)cc2)n1)c1cnc(OCC)nc1. The molecular formula is C32H44N4O4. The molecule has 0 radical (unpaired) electrons. The van der Waals surface area contributed by atoms with Crippen molar-refractivity contribution in [2.75, 3.05) is 31.8 Å². The highest BCUT2D eigenvalue weighted by Gasteiger charge is 2.18. The lowest BCUT2D eigenvalue weighted by molar-refractivity contribution is -0.143. The normalized spacial score (nSPS) is 11.6. The Morgan fingerprint density at radius 3 is 2.35 bits per heavy atom. The number of carbonyl (C=O) groups excluding carboxylic acids is 1. The molecule has 0 fully saturated rings. The van der Waals surface area contributed by atoms with E-state index in [0.717, 1.165) is 74.4 Å². The van der Waals surface area contributed by atoms with E-state index in [-0.39, 0.29) is 11.9 Å². The quantitative estimate of drug-likeness (QED) is 0.131. The van der Waals surface area contributed by atoms with Crippen molar-refractivity contribution >= 4 is 11.8 Å². The molecule has 0 saturated carbocycles. The second-order valence-corrected chi connectivity index (χ2v) is 9.74. The van der Waals surface area contributed by atoms with Gasteiger partial charge in [-0.05, 0) is 81.3 Å². The first-order valence-electron chi connectivity index (χ1n) is 14.5. The number of esters is 1. The van der Waals surface area contributed by atoms with Crippen molar-refractivity contribution in [2.24, 2.45) is 0 Å². The number of aromatic nitrogens is 3. The van der Waals surface area contributed by atoms with Gasteiger partial charge in [-0.2, -0.15) is 0 Å². The minimum Gasteiger partial charge on any atom is -0.497 e. The van der Waals surface area contributed by atoms with Crippen molar-refractivity contribution in [2.45, 2.75) is 78.2 Å². The Kier molecular flexibility index (Phi) is 13.2. The van der Waals surface area contributed by atoms with Gasteiger partial charge in [-0.25, -0.2) is 15.0 Å². The fourth-order valence-electron chi connectivity index (χ4n) is 4.69. The van der Waals surface area contributed by atoms with E-state index in [9.17, 15) is 4.79 Å². The number of hydrogen-bond acceptors (Lipinski definition) is 8. The molecule has 8 heteroatoms. The van der Waals surface area contributed by atoms with Gasteiger partial charge >= 0.3 is 12.0 Å². The Morgan fingerprint density at radius 1 is 0.925 bits per heavy atom. The van der Waals surface area contributed by atoms with E-state index in [1.54, 1.807) is 19.5 Å². The molecule has 0 spiro atoms. The number of anilines is 1. The molecule has 0 aliphatic heterocycles. The van der Waals surface area contributed by atoms with Crippen molar-refractivity contribution in [3.05, 3.63) is 71.7 Å². The molecule has 3 aromatic rings. The lowest BCUT2D eigenvalue weighted by Crippen LogP contribution is -2.23. The molecule has 2 aromatic heterocycles. The summed E-state index contributed by atoms with van der Waals surface area (Å²) < 4.78 is 15.8. The van der Waals surface area contributed by atoms with Crippen LogP contribution in [0.4, 0.5) is 5.82 Å². The maximum Gasteiger partial charge on any atom is 0.316 e. The van der Waals surface area contributed by atoms with Gasteiger partial charge < -0.3 is 19.1 Å². The molecule has 2 heterocycles. The third-order valence-corrected chi connectivity index (χ3v) is 6.88. The van der Waals surface area contributed by atoms with Crippen LogP contribution in [-0.4, -0.2) is 47.8 Å². The van der Waals surface area contributed by atoms with Crippen LogP contribution in [0.15, 0.2) is 54.9 Å². The molecule has 40 heavy (non-hydrogen) atoms. The minimum atomic E-state index is -0.180. The summed E-state index contributed by atoms with van der Waals surface area (Å²) in [6.07, 6.45) is 10.0. The van der Waals surface area contributed by atoms with Crippen molar-refractivity contribution in [3.8, 4) is 11.8 Å². The predicted octanol–water partition coefficient (Wildman–Crippen LogP) is 6.54. The monoisotopic (exact) mass is 548 g/mol. The van der Waals surface area contributed by atoms with Gasteiger partial charge in [0.1, 0.15) is 11.6 Å². The summed E-state index contributed by atoms with van der Waals surface area (Å²) in [6.45, 7) is 8.49. The summed E-state index contributed by atoms with van der Waals surface area (Å²) in [5.74, 6) is 1.74. The fraction of sp³-hybridized carbons (Fsp3) is 0.500. The molecular weight excluding hydrogens is 504 g/mol. The van der Waals surface area contributed by atoms with Crippen molar-refractivity contribution < 1.29 is 19.0 Å². The van der Waals surface area contributed by atoms with Crippen LogP contribution in [-0.2, 0) is 22.5 Å². The molecule has 0 aliphatic rings. The molecule has 0 amide bonds. The number of pyridine rings is 1. The number of benzene rings is 1. The summed E-state index contributed by atoms with van der Waals surface area (Å²) >= 11 is 0. The highest BCUT2D eigenvalue weighted by molar-refractivity contribution is 5.70. The molecule has 0 N–H and O–H groups in total. The zero-order valence-electron chi connectivity index (χ0n) is 24.5. The summed E-state index contributed by atoms with van der Waals surface area (Å²) in [7, 11) is 1.69. The summed E-state index contributed by atoms with van der Waals surface area (Å²) in [4.78, 5) is 28.0. The van der Waals surface area contributed by atoms with Crippen LogP contribution in [0.3, 0.4) is 0 Å². The number of carbonyl (C=O) groups is 1. The van der Waals surface area contributed by atoms with E-state index in [1.807, 2.05) is 26.0 Å². The Hall–Kier alpha value is -3.68. The summed E-state index contributed by atoms with van der Waals surface area (Å²) in [5, 5.41) is 0. The number of nitrogens with zero attached hydrogens (tertiary/aromatic N) is 4. The molecule has 1 aromatic carbocycles. The van der Waals surface area contributed by atoms with Crippen molar-refractivity contribution in [3.63, 3.8) is 0 Å². The summed E-state index contributed by atoms with van der Waals surface area (Å²) in [6, 6.07) is 14.9. The molecule has 1 atom stereocenters. The first kappa shape index (κ1) is 30.9. The smallest absolute Gasteiger partial charge is 0.316 e. The first-order chi connectivity index (χ1) is 19.6. The topological polar surface area (TPSA) is 86.7 Å². The number of methoxy groups -OCH3 is 1. The van der Waals surface area contributed by atoms with Crippen molar-refractivity contribution in [1.29, 1.82) is 0 Å². The van der Waals surface area contributed by atoms with Gasteiger partial charge in [0.15, 0.2) is 0 Å². The fourth-order valence-corrected chi connectivity index (χ4v) is 4.69. The average Bonchev–Trinajstić information content (AvgIpc) is 2.98. The lowest BCUT2D eigenvalue weighted by atomic mass is 9.92. The third-order valence-electron chi connectivity index (χ3n) is 6.88. The zero-order valence-corrected chi connectivity index (χ0v) is 24.5. The third kappa shape index (κ3) is 10.1. The van der Waals surface area contributed by atoms with Crippen molar-refractivity contribution in [1.82, 2.24) is 15.0 Å². The Morgan fingerprint density at radius 2 is 1.68 bits per heavy atom. The zero-order chi connectivity index (χ0) is 28.6. The van der Waals surface area contributed by atoms with Gasteiger partial charge in [0, 0.05) is 31.2 Å². The molecule has 0 unspecified atom stereocenters. The average molecular weight is 549 g/mol. The van der Waals surface area contributed by atoms with Gasteiger partial charge in [0.25, 0.3) is 0 Å². The Labute approximate surface area is 239 Å². The van der Waals surface area contributed by atoms with Crippen LogP contribution in [0, 0.1) is 0 Å².